The Morgan fingerprint density at radius 1 is 1.23 bits per heavy atom. The normalized spacial score (nSPS) is 11.8. The molecule has 0 heteroatoms. The zero-order valence-electron chi connectivity index (χ0n) is 8.80. The van der Waals surface area contributed by atoms with Gasteiger partial charge < -0.3 is 0 Å². The summed E-state index contributed by atoms with van der Waals surface area (Å²) in [5, 5.41) is 0. The first kappa shape index (κ1) is 10.0. The molecule has 0 saturated carbocycles. The van der Waals surface area contributed by atoms with Gasteiger partial charge in [-0.15, -0.1) is 0 Å². The number of aryl methyl sites for hydroxylation is 1. The highest BCUT2D eigenvalue weighted by atomic mass is 14.1. The molecule has 0 nitrogen and oxygen atoms in total. The molecule has 0 radical (unpaired) electrons. The van der Waals surface area contributed by atoms with Crippen molar-refractivity contribution in [1.82, 2.24) is 0 Å². The number of hydrogen-bond donors (Lipinski definition) is 0. The van der Waals surface area contributed by atoms with Gasteiger partial charge in [0.05, 0.1) is 0 Å². The molecular formula is C13H18. The molecule has 1 aromatic rings. The Kier molecular flexibility index (Phi) is 3.75. The van der Waals surface area contributed by atoms with Crippen LogP contribution in [-0.4, -0.2) is 0 Å². The average Bonchev–Trinajstić information content (AvgIpc) is 2.20. The lowest BCUT2D eigenvalue weighted by Crippen LogP contribution is -1.90. The summed E-state index contributed by atoms with van der Waals surface area (Å²) in [7, 11) is 0. The van der Waals surface area contributed by atoms with E-state index >= 15 is 0 Å². The molecule has 0 amide bonds. The van der Waals surface area contributed by atoms with Crippen molar-refractivity contribution in [3.8, 4) is 0 Å². The van der Waals surface area contributed by atoms with E-state index in [1.165, 1.54) is 16.7 Å². The van der Waals surface area contributed by atoms with Crippen LogP contribution in [-0.2, 0) is 6.42 Å². The summed E-state index contributed by atoms with van der Waals surface area (Å²) in [6.07, 6.45) is 4.45. The Bertz CT molecular complexity index is 295. The second-order valence-corrected chi connectivity index (χ2v) is 3.18. The van der Waals surface area contributed by atoms with E-state index in [0.717, 1.165) is 12.8 Å². The van der Waals surface area contributed by atoms with Crippen LogP contribution in [0.1, 0.15) is 38.3 Å². The molecule has 13 heavy (non-hydrogen) atoms. The van der Waals surface area contributed by atoms with Crippen molar-refractivity contribution >= 4 is 5.57 Å². The zero-order chi connectivity index (χ0) is 9.68. The van der Waals surface area contributed by atoms with Crippen molar-refractivity contribution < 1.29 is 0 Å². The molecule has 0 spiro atoms. The maximum atomic E-state index is 2.22. The van der Waals surface area contributed by atoms with Crippen molar-refractivity contribution in [2.75, 3.05) is 0 Å². The van der Waals surface area contributed by atoms with Crippen LogP contribution >= 0.6 is 0 Å². The van der Waals surface area contributed by atoms with E-state index in [2.05, 4.69) is 51.1 Å². The summed E-state index contributed by atoms with van der Waals surface area (Å²) in [6.45, 7) is 6.54. The molecule has 0 saturated heterocycles. The largest absolute Gasteiger partial charge is 0.0838 e. The first-order chi connectivity index (χ1) is 6.33. The molecule has 0 aromatic heterocycles. The van der Waals surface area contributed by atoms with Crippen LogP contribution in [0, 0.1) is 0 Å². The van der Waals surface area contributed by atoms with E-state index in [0.29, 0.717) is 0 Å². The third-order valence-corrected chi connectivity index (χ3v) is 2.47. The van der Waals surface area contributed by atoms with Crippen LogP contribution in [0.5, 0.6) is 0 Å². The minimum absolute atomic E-state index is 1.12. The number of benzene rings is 1. The lowest BCUT2D eigenvalue weighted by Gasteiger charge is -2.09. The lowest BCUT2D eigenvalue weighted by molar-refractivity contribution is 1.11. The van der Waals surface area contributed by atoms with Gasteiger partial charge in [-0.2, -0.15) is 0 Å². The van der Waals surface area contributed by atoms with Crippen LogP contribution in [0.25, 0.3) is 5.57 Å². The number of allylic oxidation sites excluding steroid dienone is 2. The second-order valence-electron chi connectivity index (χ2n) is 3.18. The summed E-state index contributed by atoms with van der Waals surface area (Å²) >= 11 is 0. The van der Waals surface area contributed by atoms with Gasteiger partial charge >= 0.3 is 0 Å². The van der Waals surface area contributed by atoms with E-state index in [-0.39, 0.29) is 0 Å². The fourth-order valence-corrected chi connectivity index (χ4v) is 1.69. The van der Waals surface area contributed by atoms with Crippen LogP contribution in [0.2, 0.25) is 0 Å². The average molecular weight is 174 g/mol. The number of hydrogen-bond acceptors (Lipinski definition) is 0. The van der Waals surface area contributed by atoms with Crippen molar-refractivity contribution in [3.63, 3.8) is 0 Å². The molecule has 0 aliphatic carbocycles. The van der Waals surface area contributed by atoms with Gasteiger partial charge in [-0.05, 0) is 36.5 Å². The third kappa shape index (κ3) is 2.21. The van der Waals surface area contributed by atoms with Gasteiger partial charge in [-0.3, -0.25) is 0 Å². The van der Waals surface area contributed by atoms with Gasteiger partial charge in [0.1, 0.15) is 0 Å². The molecule has 0 aliphatic rings. The zero-order valence-corrected chi connectivity index (χ0v) is 8.80. The summed E-state index contributed by atoms with van der Waals surface area (Å²) in [5.74, 6) is 0. The van der Waals surface area contributed by atoms with Gasteiger partial charge in [-0.25, -0.2) is 0 Å². The predicted octanol–water partition coefficient (Wildman–Crippen LogP) is 4.06. The maximum absolute atomic E-state index is 2.22. The highest BCUT2D eigenvalue weighted by Gasteiger charge is 2.02. The Morgan fingerprint density at radius 2 is 1.92 bits per heavy atom. The molecule has 0 fully saturated rings. The third-order valence-electron chi connectivity index (χ3n) is 2.47. The van der Waals surface area contributed by atoms with Crippen molar-refractivity contribution in [1.29, 1.82) is 0 Å². The van der Waals surface area contributed by atoms with E-state index in [9.17, 15) is 0 Å². The van der Waals surface area contributed by atoms with Crippen LogP contribution in [0.15, 0.2) is 30.3 Å². The SMILES string of the molecule is C/C=C(/CC)c1ccccc1CC. The van der Waals surface area contributed by atoms with E-state index in [1.807, 2.05) is 0 Å². The highest BCUT2D eigenvalue weighted by Crippen LogP contribution is 2.22. The Hall–Kier alpha value is -1.04. The molecule has 1 aromatic carbocycles. The first-order valence-corrected chi connectivity index (χ1v) is 5.06. The second kappa shape index (κ2) is 4.86. The predicted molar refractivity (Wildman–Crippen MR) is 59.8 cm³/mol. The molecule has 0 bridgehead atoms. The minimum atomic E-state index is 1.12. The Balaban J connectivity index is 3.12. The van der Waals surface area contributed by atoms with Gasteiger partial charge in [0, 0.05) is 0 Å². The van der Waals surface area contributed by atoms with Crippen molar-refractivity contribution in [3.05, 3.63) is 41.5 Å². The lowest BCUT2D eigenvalue weighted by atomic mass is 9.96. The molecule has 0 N–H and O–H groups in total. The first-order valence-electron chi connectivity index (χ1n) is 5.06. The maximum Gasteiger partial charge on any atom is -0.0196 e. The minimum Gasteiger partial charge on any atom is -0.0838 e. The summed E-state index contributed by atoms with van der Waals surface area (Å²) < 4.78 is 0. The summed E-state index contributed by atoms with van der Waals surface area (Å²) in [6, 6.07) is 8.67. The highest BCUT2D eigenvalue weighted by molar-refractivity contribution is 5.67. The molecule has 0 heterocycles. The number of rotatable bonds is 3. The fourth-order valence-electron chi connectivity index (χ4n) is 1.69. The van der Waals surface area contributed by atoms with E-state index < -0.39 is 0 Å². The van der Waals surface area contributed by atoms with Gasteiger partial charge in [-0.1, -0.05) is 44.2 Å². The Labute approximate surface area is 81.3 Å². The van der Waals surface area contributed by atoms with Crippen molar-refractivity contribution in [2.45, 2.75) is 33.6 Å². The monoisotopic (exact) mass is 174 g/mol. The van der Waals surface area contributed by atoms with Crippen molar-refractivity contribution in [2.24, 2.45) is 0 Å². The molecule has 0 aliphatic heterocycles. The standard InChI is InChI=1S/C13H18/c1-4-11(5-2)13-10-8-7-9-12(13)6-3/h4,7-10H,5-6H2,1-3H3/b11-4-. The molecule has 1 rings (SSSR count). The topological polar surface area (TPSA) is 0 Å². The van der Waals surface area contributed by atoms with Crippen LogP contribution < -0.4 is 0 Å². The van der Waals surface area contributed by atoms with Gasteiger partial charge in [0.2, 0.25) is 0 Å². The quantitative estimate of drug-likeness (QED) is 0.648. The fraction of sp³-hybridized carbons (Fsp3) is 0.385. The summed E-state index contributed by atoms with van der Waals surface area (Å²) in [4.78, 5) is 0. The molecule has 0 unspecified atom stereocenters. The Morgan fingerprint density at radius 3 is 2.46 bits per heavy atom. The molecular weight excluding hydrogens is 156 g/mol. The smallest absolute Gasteiger partial charge is 0.0196 e. The van der Waals surface area contributed by atoms with Crippen LogP contribution in [0.3, 0.4) is 0 Å². The molecule has 0 atom stereocenters. The van der Waals surface area contributed by atoms with Gasteiger partial charge in [0.25, 0.3) is 0 Å². The van der Waals surface area contributed by atoms with E-state index in [1.54, 1.807) is 0 Å². The summed E-state index contributed by atoms with van der Waals surface area (Å²) in [5.41, 5.74) is 4.34. The molecule has 70 valence electrons. The van der Waals surface area contributed by atoms with Crippen LogP contribution in [0.4, 0.5) is 0 Å². The van der Waals surface area contributed by atoms with Gasteiger partial charge in [0.15, 0.2) is 0 Å². The van der Waals surface area contributed by atoms with E-state index in [4.69, 9.17) is 0 Å².